The van der Waals surface area contributed by atoms with E-state index in [1.54, 1.807) is 0 Å². The number of nitrogens with two attached hydrogens (primary N) is 1. The summed E-state index contributed by atoms with van der Waals surface area (Å²) in [7, 11) is 0. The Labute approximate surface area is 81.8 Å². The van der Waals surface area contributed by atoms with Crippen molar-refractivity contribution in [1.82, 2.24) is 0 Å². The van der Waals surface area contributed by atoms with Gasteiger partial charge in [0.25, 0.3) is 0 Å². The van der Waals surface area contributed by atoms with Crippen LogP contribution in [0.3, 0.4) is 0 Å². The molecule has 0 rings (SSSR count). The van der Waals surface area contributed by atoms with Crippen molar-refractivity contribution >= 4 is 17.5 Å². The van der Waals surface area contributed by atoms with Crippen molar-refractivity contribution in [3.63, 3.8) is 0 Å². The molecule has 4 nitrogen and oxygen atoms in total. The van der Waals surface area contributed by atoms with E-state index < -0.39 is 17.5 Å². The minimum absolute atomic E-state index is 0.0835. The molecule has 0 fully saturated rings. The molecular formula is C10H11NO3. The Hall–Kier alpha value is -1.97. The molecule has 0 aliphatic rings. The van der Waals surface area contributed by atoms with E-state index in [1.165, 1.54) is 6.92 Å². The lowest BCUT2D eigenvalue weighted by atomic mass is 10.0. The lowest BCUT2D eigenvalue weighted by Gasteiger charge is -2.02. The Morgan fingerprint density at radius 3 is 1.64 bits per heavy atom. The monoisotopic (exact) mass is 193 g/mol. The van der Waals surface area contributed by atoms with Gasteiger partial charge in [-0.1, -0.05) is 13.2 Å². The van der Waals surface area contributed by atoms with Crippen LogP contribution in [-0.4, -0.2) is 17.5 Å². The molecule has 4 heteroatoms. The second-order valence-electron chi connectivity index (χ2n) is 2.50. The standard InChI is InChI=1S/C10H11NO3/c1-4-7(12)9(8(13)5-2)6(3)10(11)14/h4-5H,1-2H2,3H3,(H2,11,14). The fraction of sp³-hybridized carbons (Fsp3) is 0.100. The van der Waals surface area contributed by atoms with Crippen LogP contribution >= 0.6 is 0 Å². The van der Waals surface area contributed by atoms with Crippen LogP contribution in [0.2, 0.25) is 0 Å². The van der Waals surface area contributed by atoms with Gasteiger partial charge in [0.2, 0.25) is 5.91 Å². The number of carbonyl (C=O) groups excluding carboxylic acids is 3. The number of allylic oxidation sites excluding steroid dienone is 3. The number of primary amides is 1. The van der Waals surface area contributed by atoms with Crippen LogP contribution < -0.4 is 5.73 Å². The summed E-state index contributed by atoms with van der Waals surface area (Å²) in [5, 5.41) is 0. The zero-order valence-electron chi connectivity index (χ0n) is 7.87. The van der Waals surface area contributed by atoms with Gasteiger partial charge in [-0.25, -0.2) is 0 Å². The predicted molar refractivity (Wildman–Crippen MR) is 52.3 cm³/mol. The van der Waals surface area contributed by atoms with E-state index in [-0.39, 0.29) is 11.1 Å². The lowest BCUT2D eigenvalue weighted by Crippen LogP contribution is -2.20. The normalized spacial score (nSPS) is 8.64. The Kier molecular flexibility index (Phi) is 4.22. The van der Waals surface area contributed by atoms with Gasteiger partial charge in [-0.3, -0.25) is 14.4 Å². The van der Waals surface area contributed by atoms with Gasteiger partial charge in [-0.05, 0) is 19.1 Å². The first kappa shape index (κ1) is 12.0. The Morgan fingerprint density at radius 2 is 1.43 bits per heavy atom. The van der Waals surface area contributed by atoms with Crippen molar-refractivity contribution in [3.8, 4) is 0 Å². The highest BCUT2D eigenvalue weighted by Crippen LogP contribution is 2.08. The molecule has 2 N–H and O–H groups in total. The molecule has 0 saturated carbocycles. The fourth-order valence-corrected chi connectivity index (χ4v) is 0.818. The van der Waals surface area contributed by atoms with Crippen LogP contribution in [-0.2, 0) is 14.4 Å². The summed E-state index contributed by atoms with van der Waals surface area (Å²) in [5.41, 5.74) is 4.59. The topological polar surface area (TPSA) is 77.2 Å². The SMILES string of the molecule is C=CC(=O)C(C(=O)C=C)=C(C)C(N)=O. The fourth-order valence-electron chi connectivity index (χ4n) is 0.818. The highest BCUT2D eigenvalue weighted by atomic mass is 16.2. The minimum Gasteiger partial charge on any atom is -0.366 e. The van der Waals surface area contributed by atoms with E-state index in [0.717, 1.165) is 12.2 Å². The number of carbonyl (C=O) groups is 3. The summed E-state index contributed by atoms with van der Waals surface area (Å²) in [6, 6.07) is 0. The summed E-state index contributed by atoms with van der Waals surface area (Å²) in [6.07, 6.45) is 1.90. The number of amides is 1. The predicted octanol–water partition coefficient (Wildman–Crippen LogP) is 0.298. The van der Waals surface area contributed by atoms with E-state index >= 15 is 0 Å². The molecular weight excluding hydrogens is 182 g/mol. The average Bonchev–Trinajstić information content (AvgIpc) is 2.16. The van der Waals surface area contributed by atoms with Crippen molar-refractivity contribution < 1.29 is 14.4 Å². The van der Waals surface area contributed by atoms with Crippen molar-refractivity contribution in [3.05, 3.63) is 36.5 Å². The van der Waals surface area contributed by atoms with Gasteiger partial charge in [0.1, 0.15) is 0 Å². The Morgan fingerprint density at radius 1 is 1.07 bits per heavy atom. The maximum absolute atomic E-state index is 11.2. The first-order valence-corrected chi connectivity index (χ1v) is 3.79. The van der Waals surface area contributed by atoms with Gasteiger partial charge in [0, 0.05) is 5.57 Å². The van der Waals surface area contributed by atoms with E-state index in [1.807, 2.05) is 0 Å². The molecule has 0 aromatic carbocycles. The molecule has 0 aromatic heterocycles. The number of ketones is 2. The Bertz CT molecular complexity index is 328. The van der Waals surface area contributed by atoms with Gasteiger partial charge in [-0.2, -0.15) is 0 Å². The van der Waals surface area contributed by atoms with E-state index in [0.29, 0.717) is 0 Å². The molecule has 0 atom stereocenters. The lowest BCUT2D eigenvalue weighted by molar-refractivity contribution is -0.119. The molecule has 14 heavy (non-hydrogen) atoms. The molecule has 0 radical (unpaired) electrons. The van der Waals surface area contributed by atoms with Crippen molar-refractivity contribution in [2.24, 2.45) is 5.73 Å². The van der Waals surface area contributed by atoms with E-state index in [2.05, 4.69) is 13.2 Å². The first-order valence-electron chi connectivity index (χ1n) is 3.79. The second-order valence-corrected chi connectivity index (χ2v) is 2.50. The van der Waals surface area contributed by atoms with Gasteiger partial charge in [-0.15, -0.1) is 0 Å². The molecule has 0 unspecified atom stereocenters. The number of hydrogen-bond donors (Lipinski definition) is 1. The van der Waals surface area contributed by atoms with Crippen LogP contribution in [0.25, 0.3) is 0 Å². The van der Waals surface area contributed by atoms with Gasteiger partial charge in [0.05, 0.1) is 5.57 Å². The zero-order chi connectivity index (χ0) is 11.3. The zero-order valence-corrected chi connectivity index (χ0v) is 7.87. The molecule has 0 aliphatic heterocycles. The molecule has 0 saturated heterocycles. The van der Waals surface area contributed by atoms with Gasteiger partial charge >= 0.3 is 0 Å². The van der Waals surface area contributed by atoms with Gasteiger partial charge in [0.15, 0.2) is 11.6 Å². The van der Waals surface area contributed by atoms with Crippen LogP contribution in [0.4, 0.5) is 0 Å². The second kappa shape index (κ2) is 4.91. The third-order valence-corrected chi connectivity index (χ3v) is 1.61. The molecule has 1 amide bonds. The van der Waals surface area contributed by atoms with Crippen LogP contribution in [0.1, 0.15) is 6.92 Å². The largest absolute Gasteiger partial charge is 0.366 e. The Balaban J connectivity index is 5.52. The van der Waals surface area contributed by atoms with Crippen LogP contribution in [0, 0.1) is 0 Å². The number of hydrogen-bond acceptors (Lipinski definition) is 3. The minimum atomic E-state index is -0.814. The van der Waals surface area contributed by atoms with E-state index in [9.17, 15) is 14.4 Å². The first-order chi connectivity index (χ1) is 6.45. The molecule has 0 spiro atoms. The number of rotatable bonds is 5. The molecule has 0 heterocycles. The van der Waals surface area contributed by atoms with Crippen molar-refractivity contribution in [1.29, 1.82) is 0 Å². The van der Waals surface area contributed by atoms with Crippen molar-refractivity contribution in [2.75, 3.05) is 0 Å². The third-order valence-electron chi connectivity index (χ3n) is 1.61. The highest BCUT2D eigenvalue weighted by molar-refractivity contribution is 6.30. The maximum Gasteiger partial charge on any atom is 0.245 e. The van der Waals surface area contributed by atoms with Crippen LogP contribution in [0.15, 0.2) is 36.5 Å². The van der Waals surface area contributed by atoms with Gasteiger partial charge < -0.3 is 5.73 Å². The molecule has 74 valence electrons. The summed E-state index contributed by atoms with van der Waals surface area (Å²) >= 11 is 0. The average molecular weight is 193 g/mol. The van der Waals surface area contributed by atoms with Crippen molar-refractivity contribution in [2.45, 2.75) is 6.92 Å². The smallest absolute Gasteiger partial charge is 0.245 e. The summed E-state index contributed by atoms with van der Waals surface area (Å²) in [5.74, 6) is -2.08. The summed E-state index contributed by atoms with van der Waals surface area (Å²) in [6.45, 7) is 7.74. The summed E-state index contributed by atoms with van der Waals surface area (Å²) < 4.78 is 0. The van der Waals surface area contributed by atoms with Crippen LogP contribution in [0.5, 0.6) is 0 Å². The quantitative estimate of drug-likeness (QED) is 0.387. The highest BCUT2D eigenvalue weighted by Gasteiger charge is 2.18. The third kappa shape index (κ3) is 2.52. The maximum atomic E-state index is 11.2. The summed E-state index contributed by atoms with van der Waals surface area (Å²) in [4.78, 5) is 33.2. The molecule has 0 aliphatic carbocycles. The van der Waals surface area contributed by atoms with E-state index in [4.69, 9.17) is 5.73 Å². The molecule has 0 aromatic rings. The molecule has 0 bridgehead atoms.